The van der Waals surface area contributed by atoms with Gasteiger partial charge in [0, 0.05) is 29.6 Å². The van der Waals surface area contributed by atoms with Crippen molar-refractivity contribution in [3.05, 3.63) is 26.6 Å². The van der Waals surface area contributed by atoms with Crippen LogP contribution in [0.25, 0.3) is 10.2 Å². The highest BCUT2D eigenvalue weighted by Crippen LogP contribution is 2.33. The maximum atomic E-state index is 12.5. The van der Waals surface area contributed by atoms with Crippen LogP contribution in [0.5, 0.6) is 0 Å². The third-order valence-corrected chi connectivity index (χ3v) is 7.38. The van der Waals surface area contributed by atoms with E-state index in [1.807, 2.05) is 11.8 Å². The molecule has 2 heterocycles. The molecule has 1 saturated carbocycles. The smallest absolute Gasteiger partial charge is 0.259 e. The van der Waals surface area contributed by atoms with Crippen molar-refractivity contribution in [1.82, 2.24) is 14.9 Å². The van der Waals surface area contributed by atoms with E-state index in [4.69, 9.17) is 4.98 Å². The number of aryl methyl sites for hydroxylation is 2. The third-order valence-electron chi connectivity index (χ3n) is 5.22. The second kappa shape index (κ2) is 7.72. The summed E-state index contributed by atoms with van der Waals surface area (Å²) in [7, 11) is 0. The Labute approximate surface area is 161 Å². The van der Waals surface area contributed by atoms with Gasteiger partial charge in [0.2, 0.25) is 5.91 Å². The zero-order chi connectivity index (χ0) is 18.1. The molecule has 2 aliphatic rings. The quantitative estimate of drug-likeness (QED) is 0.734. The fourth-order valence-corrected chi connectivity index (χ4v) is 5.85. The van der Waals surface area contributed by atoms with Crippen LogP contribution in [0.3, 0.4) is 0 Å². The number of aromatic amines is 1. The molecule has 0 aromatic carbocycles. The van der Waals surface area contributed by atoms with E-state index in [1.165, 1.54) is 23.3 Å². The average molecular weight is 392 g/mol. The lowest BCUT2D eigenvalue weighted by atomic mass is 9.97. The zero-order valence-corrected chi connectivity index (χ0v) is 16.8. The number of amides is 1. The van der Waals surface area contributed by atoms with Crippen LogP contribution in [0.2, 0.25) is 0 Å². The molecule has 0 atom stereocenters. The lowest BCUT2D eigenvalue weighted by Gasteiger charge is -2.20. The van der Waals surface area contributed by atoms with Gasteiger partial charge in [0.25, 0.3) is 5.56 Å². The molecule has 5 nitrogen and oxygen atoms in total. The van der Waals surface area contributed by atoms with E-state index in [9.17, 15) is 9.59 Å². The van der Waals surface area contributed by atoms with Crippen molar-refractivity contribution in [3.63, 3.8) is 0 Å². The summed E-state index contributed by atoms with van der Waals surface area (Å²) in [5, 5.41) is 0.816. The predicted molar refractivity (Wildman–Crippen MR) is 108 cm³/mol. The number of thioether (sulfide) groups is 1. The number of aromatic nitrogens is 2. The van der Waals surface area contributed by atoms with Gasteiger partial charge in [-0.15, -0.1) is 11.3 Å². The summed E-state index contributed by atoms with van der Waals surface area (Å²) in [6.45, 7) is 2.86. The summed E-state index contributed by atoms with van der Waals surface area (Å²) in [5.74, 6) is 2.40. The molecule has 4 rings (SSSR count). The molecule has 1 fully saturated rings. The van der Waals surface area contributed by atoms with Gasteiger partial charge in [0.15, 0.2) is 0 Å². The average Bonchev–Trinajstić information content (AvgIpc) is 3.38. The van der Waals surface area contributed by atoms with E-state index in [-0.39, 0.29) is 11.5 Å². The minimum Gasteiger partial charge on any atom is -0.340 e. The van der Waals surface area contributed by atoms with Gasteiger partial charge in [-0.05, 0) is 51.0 Å². The number of hydrogen-bond acceptors (Lipinski definition) is 5. The van der Waals surface area contributed by atoms with Gasteiger partial charge in [-0.1, -0.05) is 0 Å². The lowest BCUT2D eigenvalue weighted by Crippen LogP contribution is -2.32. The monoisotopic (exact) mass is 391 g/mol. The zero-order valence-electron chi connectivity index (χ0n) is 15.2. The second-order valence-electron chi connectivity index (χ2n) is 7.12. The first-order chi connectivity index (χ1) is 12.7. The minimum absolute atomic E-state index is 0.00645. The fraction of sp³-hybridized carbons (Fsp3) is 0.632. The van der Waals surface area contributed by atoms with Crippen molar-refractivity contribution in [1.29, 1.82) is 0 Å². The number of carbonyl (C=O) groups is 1. The topological polar surface area (TPSA) is 66.1 Å². The number of nitrogens with zero attached hydrogens (tertiary/aromatic N) is 2. The molecule has 26 heavy (non-hydrogen) atoms. The summed E-state index contributed by atoms with van der Waals surface area (Å²) in [5.41, 5.74) is 1.24. The largest absolute Gasteiger partial charge is 0.340 e. The summed E-state index contributed by atoms with van der Waals surface area (Å²) < 4.78 is 0. The molecule has 0 radical (unpaired) electrons. The SMILES string of the molecule is CCN(C(=O)CCSCc1nc2sc3c(c2c(=O)[nH]1)CCCC3)C1CC1. The fourth-order valence-electron chi connectivity index (χ4n) is 3.77. The maximum Gasteiger partial charge on any atom is 0.259 e. The molecule has 2 aliphatic carbocycles. The Morgan fingerprint density at radius 2 is 2.15 bits per heavy atom. The van der Waals surface area contributed by atoms with E-state index < -0.39 is 0 Å². The van der Waals surface area contributed by atoms with Crippen LogP contribution in [-0.4, -0.2) is 39.1 Å². The number of rotatable bonds is 7. The first kappa shape index (κ1) is 18.0. The highest BCUT2D eigenvalue weighted by atomic mass is 32.2. The Kier molecular flexibility index (Phi) is 5.36. The highest BCUT2D eigenvalue weighted by molar-refractivity contribution is 7.98. The molecule has 0 spiro atoms. The summed E-state index contributed by atoms with van der Waals surface area (Å²) in [6.07, 6.45) is 7.34. The summed E-state index contributed by atoms with van der Waals surface area (Å²) >= 11 is 3.36. The summed E-state index contributed by atoms with van der Waals surface area (Å²) in [6, 6.07) is 0.489. The standard InChI is InChI=1S/C19H25N3O2S2/c1-2-22(12-7-8-12)16(23)9-10-25-11-15-20-18(24)17-13-5-3-4-6-14(13)26-19(17)21-15/h12H,2-11H2,1H3,(H,20,21,24). The molecule has 1 amide bonds. The first-order valence-corrected chi connectivity index (χ1v) is 11.5. The van der Waals surface area contributed by atoms with E-state index in [0.717, 1.165) is 54.0 Å². The van der Waals surface area contributed by atoms with Crippen molar-refractivity contribution >= 4 is 39.2 Å². The molecule has 0 aliphatic heterocycles. The molecule has 7 heteroatoms. The lowest BCUT2D eigenvalue weighted by molar-refractivity contribution is -0.131. The molecule has 140 valence electrons. The van der Waals surface area contributed by atoms with Crippen LogP contribution in [0.15, 0.2) is 4.79 Å². The number of thiophene rings is 1. The van der Waals surface area contributed by atoms with Gasteiger partial charge in [-0.2, -0.15) is 11.8 Å². The van der Waals surface area contributed by atoms with Gasteiger partial charge in [0.1, 0.15) is 10.7 Å². The molecular weight excluding hydrogens is 366 g/mol. The number of carbonyl (C=O) groups excluding carboxylic acids is 1. The third kappa shape index (κ3) is 3.69. The van der Waals surface area contributed by atoms with Gasteiger partial charge < -0.3 is 9.88 Å². The van der Waals surface area contributed by atoms with Gasteiger partial charge in [-0.3, -0.25) is 9.59 Å². The molecule has 2 aromatic heterocycles. The molecule has 0 unspecified atom stereocenters. The second-order valence-corrected chi connectivity index (χ2v) is 9.31. The number of nitrogens with one attached hydrogen (secondary N) is 1. The van der Waals surface area contributed by atoms with Crippen molar-refractivity contribution in [2.24, 2.45) is 0 Å². The van der Waals surface area contributed by atoms with Crippen LogP contribution in [0, 0.1) is 0 Å². The number of H-pyrrole nitrogens is 1. The molecule has 0 bridgehead atoms. The number of hydrogen-bond donors (Lipinski definition) is 1. The van der Waals surface area contributed by atoms with Crippen LogP contribution < -0.4 is 5.56 Å². The normalized spacial score (nSPS) is 16.7. The highest BCUT2D eigenvalue weighted by Gasteiger charge is 2.30. The van der Waals surface area contributed by atoms with Gasteiger partial charge >= 0.3 is 0 Å². The van der Waals surface area contributed by atoms with Crippen molar-refractivity contribution < 1.29 is 4.79 Å². The maximum absolute atomic E-state index is 12.5. The Morgan fingerprint density at radius 1 is 1.35 bits per heavy atom. The first-order valence-electron chi connectivity index (χ1n) is 9.58. The van der Waals surface area contributed by atoms with Crippen molar-refractivity contribution in [3.8, 4) is 0 Å². The molecule has 2 aromatic rings. The van der Waals surface area contributed by atoms with Crippen LogP contribution in [-0.2, 0) is 23.4 Å². The van der Waals surface area contributed by atoms with Crippen LogP contribution in [0.1, 0.15) is 55.3 Å². The molecular formula is C19H25N3O2S2. The van der Waals surface area contributed by atoms with Gasteiger partial charge in [-0.25, -0.2) is 4.98 Å². The van der Waals surface area contributed by atoms with E-state index in [1.54, 1.807) is 23.1 Å². The van der Waals surface area contributed by atoms with Crippen molar-refractivity contribution in [2.75, 3.05) is 12.3 Å². The Hall–Kier alpha value is -1.34. The molecule has 1 N–H and O–H groups in total. The predicted octanol–water partition coefficient (Wildman–Crippen LogP) is 3.50. The van der Waals surface area contributed by atoms with Crippen LogP contribution in [0.4, 0.5) is 0 Å². The van der Waals surface area contributed by atoms with Crippen molar-refractivity contribution in [2.45, 2.75) is 63.7 Å². The molecule has 0 saturated heterocycles. The van der Waals surface area contributed by atoms with Crippen LogP contribution >= 0.6 is 23.1 Å². The van der Waals surface area contributed by atoms with E-state index in [0.29, 0.717) is 18.2 Å². The van der Waals surface area contributed by atoms with Gasteiger partial charge in [0.05, 0.1) is 11.1 Å². The Morgan fingerprint density at radius 3 is 2.92 bits per heavy atom. The summed E-state index contributed by atoms with van der Waals surface area (Å²) in [4.78, 5) is 36.7. The Balaban J connectivity index is 1.37. The van der Waals surface area contributed by atoms with E-state index >= 15 is 0 Å². The van der Waals surface area contributed by atoms with E-state index in [2.05, 4.69) is 4.98 Å². The minimum atomic E-state index is 0.00645. The number of fused-ring (bicyclic) bond motifs is 3. The Bertz CT molecular complexity index is 870.